The van der Waals surface area contributed by atoms with Crippen LogP contribution in [0, 0.1) is 0 Å². The number of benzene rings is 1. The van der Waals surface area contributed by atoms with Crippen LogP contribution in [0.3, 0.4) is 0 Å². The van der Waals surface area contributed by atoms with Crippen LogP contribution < -0.4 is 0 Å². The number of hydrogen-bond donors (Lipinski definition) is 1. The Morgan fingerprint density at radius 1 is 1.53 bits per heavy atom. The number of carboxylic acid groups (broad SMARTS) is 1. The molecule has 17 heavy (non-hydrogen) atoms. The standard InChI is InChI=1S/C12H13ClO4/c13-9-3-1-2-8(6-9)12-16-7-10(17-12)4-5-11(14)15/h1-3,6,10,12H,4-5,7H2,(H,14,15). The summed E-state index contributed by atoms with van der Waals surface area (Å²) in [6.07, 6.45) is -0.0366. The van der Waals surface area contributed by atoms with E-state index in [2.05, 4.69) is 0 Å². The van der Waals surface area contributed by atoms with Gasteiger partial charge in [-0.15, -0.1) is 0 Å². The van der Waals surface area contributed by atoms with Crippen molar-refractivity contribution in [2.24, 2.45) is 0 Å². The molecule has 1 fully saturated rings. The van der Waals surface area contributed by atoms with Crippen molar-refractivity contribution in [2.45, 2.75) is 25.2 Å². The molecule has 2 rings (SSSR count). The molecule has 1 aliphatic heterocycles. The number of ether oxygens (including phenoxy) is 2. The van der Waals surface area contributed by atoms with Crippen LogP contribution in [0.15, 0.2) is 24.3 Å². The predicted octanol–water partition coefficient (Wildman–Crippen LogP) is 2.62. The summed E-state index contributed by atoms with van der Waals surface area (Å²) in [5.74, 6) is -0.820. The van der Waals surface area contributed by atoms with Gasteiger partial charge in [-0.1, -0.05) is 23.7 Å². The fourth-order valence-corrected chi connectivity index (χ4v) is 1.91. The van der Waals surface area contributed by atoms with E-state index in [0.29, 0.717) is 18.1 Å². The quantitative estimate of drug-likeness (QED) is 0.900. The maximum atomic E-state index is 10.4. The molecule has 2 atom stereocenters. The molecule has 1 saturated heterocycles. The highest BCUT2D eigenvalue weighted by Crippen LogP contribution is 2.29. The van der Waals surface area contributed by atoms with Gasteiger partial charge in [0.25, 0.3) is 0 Å². The van der Waals surface area contributed by atoms with E-state index in [4.69, 9.17) is 26.2 Å². The van der Waals surface area contributed by atoms with Crippen LogP contribution in [0.25, 0.3) is 0 Å². The molecular weight excluding hydrogens is 244 g/mol. The van der Waals surface area contributed by atoms with Crippen LogP contribution in [-0.4, -0.2) is 23.8 Å². The summed E-state index contributed by atoms with van der Waals surface area (Å²) in [6.45, 7) is 0.421. The molecule has 0 aromatic heterocycles. The Balaban J connectivity index is 1.91. The molecule has 1 heterocycles. The molecule has 0 spiro atoms. The van der Waals surface area contributed by atoms with Crippen molar-refractivity contribution < 1.29 is 19.4 Å². The summed E-state index contributed by atoms with van der Waals surface area (Å²) >= 11 is 5.87. The van der Waals surface area contributed by atoms with E-state index in [0.717, 1.165) is 5.56 Å². The normalized spacial score (nSPS) is 23.8. The lowest BCUT2D eigenvalue weighted by Gasteiger charge is -2.11. The number of aliphatic carboxylic acids is 1. The van der Waals surface area contributed by atoms with Crippen molar-refractivity contribution in [2.75, 3.05) is 6.61 Å². The van der Waals surface area contributed by atoms with E-state index >= 15 is 0 Å². The first-order valence-corrected chi connectivity index (χ1v) is 5.77. The van der Waals surface area contributed by atoms with Gasteiger partial charge in [0.2, 0.25) is 0 Å². The molecule has 0 amide bonds. The van der Waals surface area contributed by atoms with E-state index in [1.807, 2.05) is 12.1 Å². The Morgan fingerprint density at radius 3 is 3.06 bits per heavy atom. The van der Waals surface area contributed by atoms with Crippen molar-refractivity contribution in [1.29, 1.82) is 0 Å². The van der Waals surface area contributed by atoms with Gasteiger partial charge in [-0.05, 0) is 18.6 Å². The first kappa shape index (κ1) is 12.4. The van der Waals surface area contributed by atoms with Gasteiger partial charge in [-0.2, -0.15) is 0 Å². The number of hydrogen-bond acceptors (Lipinski definition) is 3. The van der Waals surface area contributed by atoms with Crippen LogP contribution in [0.4, 0.5) is 0 Å². The maximum Gasteiger partial charge on any atom is 0.303 e. The molecule has 0 radical (unpaired) electrons. The van der Waals surface area contributed by atoms with Crippen molar-refractivity contribution in [3.05, 3.63) is 34.9 Å². The second-order valence-electron chi connectivity index (χ2n) is 3.91. The van der Waals surface area contributed by atoms with E-state index < -0.39 is 12.3 Å². The Bertz CT molecular complexity index is 407. The Hall–Kier alpha value is -1.10. The predicted molar refractivity (Wildman–Crippen MR) is 61.9 cm³/mol. The van der Waals surface area contributed by atoms with Gasteiger partial charge in [-0.25, -0.2) is 0 Å². The monoisotopic (exact) mass is 256 g/mol. The first-order chi connectivity index (χ1) is 8.15. The van der Waals surface area contributed by atoms with Crippen molar-refractivity contribution in [1.82, 2.24) is 0 Å². The van der Waals surface area contributed by atoms with Gasteiger partial charge in [0.1, 0.15) is 0 Å². The summed E-state index contributed by atoms with van der Waals surface area (Å²) < 4.78 is 11.1. The van der Waals surface area contributed by atoms with Crippen LogP contribution in [-0.2, 0) is 14.3 Å². The third kappa shape index (κ3) is 3.43. The van der Waals surface area contributed by atoms with Crippen molar-refractivity contribution in [3.63, 3.8) is 0 Å². The van der Waals surface area contributed by atoms with Crippen molar-refractivity contribution >= 4 is 17.6 Å². The van der Waals surface area contributed by atoms with E-state index in [1.54, 1.807) is 12.1 Å². The lowest BCUT2D eigenvalue weighted by atomic mass is 10.2. The molecule has 5 heteroatoms. The number of rotatable bonds is 4. The molecule has 0 saturated carbocycles. The number of carboxylic acids is 1. The minimum absolute atomic E-state index is 0.0935. The molecule has 1 aliphatic rings. The fourth-order valence-electron chi connectivity index (χ4n) is 1.71. The minimum Gasteiger partial charge on any atom is -0.481 e. The lowest BCUT2D eigenvalue weighted by molar-refractivity contribution is -0.138. The average molecular weight is 257 g/mol. The first-order valence-electron chi connectivity index (χ1n) is 5.39. The van der Waals surface area contributed by atoms with Crippen LogP contribution in [0.1, 0.15) is 24.7 Å². The summed E-state index contributed by atoms with van der Waals surface area (Å²) in [4.78, 5) is 10.4. The number of halogens is 1. The molecule has 1 aromatic carbocycles. The van der Waals surface area contributed by atoms with E-state index in [1.165, 1.54) is 0 Å². The summed E-state index contributed by atoms with van der Waals surface area (Å²) in [7, 11) is 0. The summed E-state index contributed by atoms with van der Waals surface area (Å²) in [5.41, 5.74) is 0.857. The van der Waals surface area contributed by atoms with Gasteiger partial charge in [0, 0.05) is 17.0 Å². The van der Waals surface area contributed by atoms with Crippen LogP contribution >= 0.6 is 11.6 Å². The third-order valence-electron chi connectivity index (χ3n) is 2.55. The van der Waals surface area contributed by atoms with Gasteiger partial charge in [-0.3, -0.25) is 4.79 Å². The smallest absolute Gasteiger partial charge is 0.303 e. The molecule has 2 unspecified atom stereocenters. The highest BCUT2D eigenvalue weighted by Gasteiger charge is 2.27. The molecular formula is C12H13ClO4. The SMILES string of the molecule is O=C(O)CCC1COC(c2cccc(Cl)c2)O1. The zero-order chi connectivity index (χ0) is 12.3. The highest BCUT2D eigenvalue weighted by atomic mass is 35.5. The molecule has 4 nitrogen and oxygen atoms in total. The Labute approximate surface area is 104 Å². The third-order valence-corrected chi connectivity index (χ3v) is 2.79. The minimum atomic E-state index is -0.820. The highest BCUT2D eigenvalue weighted by molar-refractivity contribution is 6.30. The largest absolute Gasteiger partial charge is 0.481 e. The van der Waals surface area contributed by atoms with Crippen LogP contribution in [0.2, 0.25) is 5.02 Å². The molecule has 0 bridgehead atoms. The van der Waals surface area contributed by atoms with E-state index in [9.17, 15) is 4.79 Å². The van der Waals surface area contributed by atoms with Gasteiger partial charge in [0.15, 0.2) is 6.29 Å². The van der Waals surface area contributed by atoms with Gasteiger partial charge in [0.05, 0.1) is 12.7 Å². The maximum absolute atomic E-state index is 10.4. The Morgan fingerprint density at radius 2 is 2.35 bits per heavy atom. The zero-order valence-electron chi connectivity index (χ0n) is 9.14. The second kappa shape index (κ2) is 5.49. The van der Waals surface area contributed by atoms with Gasteiger partial charge < -0.3 is 14.6 Å². The molecule has 1 N–H and O–H groups in total. The fraction of sp³-hybridized carbons (Fsp3) is 0.417. The molecule has 1 aromatic rings. The molecule has 92 valence electrons. The van der Waals surface area contributed by atoms with Gasteiger partial charge >= 0.3 is 5.97 Å². The van der Waals surface area contributed by atoms with Crippen LogP contribution in [0.5, 0.6) is 0 Å². The topological polar surface area (TPSA) is 55.8 Å². The average Bonchev–Trinajstić information content (AvgIpc) is 2.75. The summed E-state index contributed by atoms with van der Waals surface area (Å²) in [5, 5.41) is 9.21. The summed E-state index contributed by atoms with van der Waals surface area (Å²) in [6, 6.07) is 7.26. The zero-order valence-corrected chi connectivity index (χ0v) is 9.89. The lowest BCUT2D eigenvalue weighted by Crippen LogP contribution is -2.12. The van der Waals surface area contributed by atoms with Crippen molar-refractivity contribution in [3.8, 4) is 0 Å². The number of carbonyl (C=O) groups is 1. The second-order valence-corrected chi connectivity index (χ2v) is 4.35. The van der Waals surface area contributed by atoms with E-state index in [-0.39, 0.29) is 12.5 Å². The molecule has 0 aliphatic carbocycles. The Kier molecular flexibility index (Phi) is 3.99.